The molecule has 0 spiro atoms. The number of amides is 2. The summed E-state index contributed by atoms with van der Waals surface area (Å²) >= 11 is 0. The monoisotopic (exact) mass is 396 g/mol. The number of methoxy groups -OCH3 is 1. The number of carbonyl (C=O) groups excluding carboxylic acids is 3. The number of hydrogen-bond acceptors (Lipinski definition) is 5. The van der Waals surface area contributed by atoms with Crippen molar-refractivity contribution in [2.75, 3.05) is 25.2 Å². The molecule has 1 fully saturated rings. The molecule has 2 aromatic rings. The Hall–Kier alpha value is -3.35. The lowest BCUT2D eigenvalue weighted by molar-refractivity contribution is -0.124. The minimum atomic E-state index is -0.589. The van der Waals surface area contributed by atoms with Crippen LogP contribution < -0.4 is 15.0 Å². The van der Waals surface area contributed by atoms with Gasteiger partial charge in [-0.15, -0.1) is 0 Å². The lowest BCUT2D eigenvalue weighted by Crippen LogP contribution is -2.35. The van der Waals surface area contributed by atoms with Crippen molar-refractivity contribution in [3.8, 4) is 5.75 Å². The quantitative estimate of drug-likeness (QED) is 0.728. The summed E-state index contributed by atoms with van der Waals surface area (Å²) in [5.41, 5.74) is 1.93. The van der Waals surface area contributed by atoms with Crippen LogP contribution in [0.2, 0.25) is 0 Å². The van der Waals surface area contributed by atoms with E-state index in [-0.39, 0.29) is 19.1 Å². The van der Waals surface area contributed by atoms with Crippen LogP contribution in [0, 0.1) is 0 Å². The van der Waals surface area contributed by atoms with Crippen molar-refractivity contribution in [1.82, 2.24) is 5.32 Å². The van der Waals surface area contributed by atoms with Crippen molar-refractivity contribution in [2.45, 2.75) is 25.8 Å². The molecule has 7 heteroatoms. The van der Waals surface area contributed by atoms with Crippen LogP contribution in [0.5, 0.6) is 5.75 Å². The summed E-state index contributed by atoms with van der Waals surface area (Å²) in [6.07, 6.45) is 2.44. The molecule has 0 atom stereocenters. The zero-order valence-electron chi connectivity index (χ0n) is 16.3. The van der Waals surface area contributed by atoms with Crippen molar-refractivity contribution in [2.24, 2.45) is 0 Å². The van der Waals surface area contributed by atoms with E-state index in [1.807, 2.05) is 24.3 Å². The van der Waals surface area contributed by atoms with E-state index in [4.69, 9.17) is 9.47 Å². The summed E-state index contributed by atoms with van der Waals surface area (Å²) in [6, 6.07) is 14.0. The molecule has 0 unspecified atom stereocenters. The molecule has 1 N–H and O–H groups in total. The summed E-state index contributed by atoms with van der Waals surface area (Å²) in [5.74, 6) is -0.218. The van der Waals surface area contributed by atoms with E-state index in [1.165, 1.54) is 0 Å². The van der Waals surface area contributed by atoms with Gasteiger partial charge < -0.3 is 19.7 Å². The molecule has 0 saturated carbocycles. The Morgan fingerprint density at radius 2 is 1.83 bits per heavy atom. The van der Waals surface area contributed by atoms with Gasteiger partial charge in [0.2, 0.25) is 5.91 Å². The Bertz CT molecular complexity index is 879. The van der Waals surface area contributed by atoms with Crippen LogP contribution in [0.3, 0.4) is 0 Å². The Morgan fingerprint density at radius 1 is 1.07 bits per heavy atom. The van der Waals surface area contributed by atoms with E-state index in [0.29, 0.717) is 24.3 Å². The van der Waals surface area contributed by atoms with Crippen LogP contribution in [0.25, 0.3) is 0 Å². The molecule has 2 aromatic carbocycles. The molecule has 0 radical (unpaired) electrons. The first-order valence-corrected chi connectivity index (χ1v) is 9.54. The summed E-state index contributed by atoms with van der Waals surface area (Å²) < 4.78 is 10.3. The van der Waals surface area contributed by atoms with E-state index in [2.05, 4.69) is 5.32 Å². The predicted molar refractivity (Wildman–Crippen MR) is 108 cm³/mol. The summed E-state index contributed by atoms with van der Waals surface area (Å²) in [4.78, 5) is 37.9. The lowest BCUT2D eigenvalue weighted by Gasteiger charge is -2.26. The van der Waals surface area contributed by atoms with Gasteiger partial charge in [0.05, 0.1) is 12.7 Å². The first-order valence-electron chi connectivity index (χ1n) is 9.54. The maximum atomic E-state index is 12.2. The smallest absolute Gasteiger partial charge is 0.338 e. The van der Waals surface area contributed by atoms with Crippen molar-refractivity contribution >= 4 is 23.5 Å². The topological polar surface area (TPSA) is 84.9 Å². The zero-order valence-corrected chi connectivity index (χ0v) is 16.3. The van der Waals surface area contributed by atoms with E-state index in [9.17, 15) is 14.4 Å². The van der Waals surface area contributed by atoms with Gasteiger partial charge in [0, 0.05) is 30.8 Å². The highest BCUT2D eigenvalue weighted by atomic mass is 16.5. The van der Waals surface area contributed by atoms with Gasteiger partial charge in [-0.1, -0.05) is 18.2 Å². The number of nitrogens with zero attached hydrogens (tertiary/aromatic N) is 1. The standard InChI is InChI=1S/C22H24N2O5/c1-28-19-7-3-2-6-17(19)14-23-20(25)15-29-22(27)16-9-11-18(12-10-16)24-13-5-4-8-21(24)26/h2-3,6-7,9-12H,4-5,8,13-15H2,1H3,(H,23,25). The fourth-order valence-electron chi connectivity index (χ4n) is 3.16. The molecule has 0 aliphatic carbocycles. The molecule has 29 heavy (non-hydrogen) atoms. The molecular formula is C22H24N2O5. The average Bonchev–Trinajstić information content (AvgIpc) is 2.76. The molecule has 1 heterocycles. The van der Waals surface area contributed by atoms with E-state index in [0.717, 1.165) is 24.1 Å². The van der Waals surface area contributed by atoms with Gasteiger partial charge in [0.15, 0.2) is 6.61 Å². The number of esters is 1. The minimum Gasteiger partial charge on any atom is -0.496 e. The molecule has 3 rings (SSSR count). The third kappa shape index (κ3) is 5.34. The number of anilines is 1. The third-order valence-electron chi connectivity index (χ3n) is 4.74. The van der Waals surface area contributed by atoms with Gasteiger partial charge in [-0.3, -0.25) is 9.59 Å². The van der Waals surface area contributed by atoms with Gasteiger partial charge >= 0.3 is 5.97 Å². The maximum absolute atomic E-state index is 12.2. The van der Waals surface area contributed by atoms with Crippen LogP contribution in [0.15, 0.2) is 48.5 Å². The molecule has 1 aliphatic rings. The first kappa shape index (κ1) is 20.4. The highest BCUT2D eigenvalue weighted by Gasteiger charge is 2.20. The number of para-hydroxylation sites is 1. The Kier molecular flexibility index (Phi) is 6.84. The van der Waals surface area contributed by atoms with E-state index in [1.54, 1.807) is 36.3 Å². The fraction of sp³-hybridized carbons (Fsp3) is 0.318. The summed E-state index contributed by atoms with van der Waals surface area (Å²) in [7, 11) is 1.56. The fourth-order valence-corrected chi connectivity index (χ4v) is 3.16. The number of benzene rings is 2. The normalized spacial score (nSPS) is 13.7. The zero-order chi connectivity index (χ0) is 20.6. The van der Waals surface area contributed by atoms with Crippen LogP contribution >= 0.6 is 0 Å². The Labute approximate surface area is 169 Å². The molecule has 0 bridgehead atoms. The second kappa shape index (κ2) is 9.73. The molecule has 2 amide bonds. The second-order valence-corrected chi connectivity index (χ2v) is 6.71. The van der Waals surface area contributed by atoms with Crippen LogP contribution in [-0.2, 0) is 20.9 Å². The number of hydrogen-bond donors (Lipinski definition) is 1. The molecule has 0 aromatic heterocycles. The molecule has 1 saturated heterocycles. The first-order chi connectivity index (χ1) is 14.1. The van der Waals surface area contributed by atoms with E-state index < -0.39 is 11.9 Å². The van der Waals surface area contributed by atoms with Crippen LogP contribution in [0.1, 0.15) is 35.2 Å². The Balaban J connectivity index is 1.48. The van der Waals surface area contributed by atoms with Crippen molar-refractivity contribution in [3.05, 3.63) is 59.7 Å². The largest absolute Gasteiger partial charge is 0.496 e. The Morgan fingerprint density at radius 3 is 2.55 bits per heavy atom. The van der Waals surface area contributed by atoms with Gasteiger partial charge in [-0.05, 0) is 43.2 Å². The number of nitrogens with one attached hydrogen (secondary N) is 1. The average molecular weight is 396 g/mol. The van der Waals surface area contributed by atoms with Crippen molar-refractivity contribution in [1.29, 1.82) is 0 Å². The van der Waals surface area contributed by atoms with Crippen LogP contribution in [0.4, 0.5) is 5.69 Å². The summed E-state index contributed by atoms with van der Waals surface area (Å²) in [5, 5.41) is 2.70. The van der Waals surface area contributed by atoms with Gasteiger partial charge in [0.25, 0.3) is 5.91 Å². The number of rotatable bonds is 7. The predicted octanol–water partition coefficient (Wildman–Crippen LogP) is 2.69. The van der Waals surface area contributed by atoms with Crippen molar-refractivity contribution in [3.63, 3.8) is 0 Å². The number of ether oxygens (including phenoxy) is 2. The highest BCUT2D eigenvalue weighted by Crippen LogP contribution is 2.21. The lowest BCUT2D eigenvalue weighted by atomic mass is 10.1. The second-order valence-electron chi connectivity index (χ2n) is 6.71. The van der Waals surface area contributed by atoms with Gasteiger partial charge in [0.1, 0.15) is 5.75 Å². The van der Waals surface area contributed by atoms with Crippen LogP contribution in [-0.4, -0.2) is 38.0 Å². The summed E-state index contributed by atoms with van der Waals surface area (Å²) in [6.45, 7) is 0.592. The maximum Gasteiger partial charge on any atom is 0.338 e. The van der Waals surface area contributed by atoms with Crippen molar-refractivity contribution < 1.29 is 23.9 Å². The SMILES string of the molecule is COc1ccccc1CNC(=O)COC(=O)c1ccc(N2CCCCC2=O)cc1. The highest BCUT2D eigenvalue weighted by molar-refractivity contribution is 5.95. The van der Waals surface area contributed by atoms with Gasteiger partial charge in [-0.25, -0.2) is 4.79 Å². The molecule has 1 aliphatic heterocycles. The molecular weight excluding hydrogens is 372 g/mol. The van der Waals surface area contributed by atoms with E-state index >= 15 is 0 Å². The number of piperidine rings is 1. The third-order valence-corrected chi connectivity index (χ3v) is 4.74. The van der Waals surface area contributed by atoms with Gasteiger partial charge in [-0.2, -0.15) is 0 Å². The molecule has 152 valence electrons. The number of carbonyl (C=O) groups is 3. The minimum absolute atomic E-state index is 0.0956. The molecule has 7 nitrogen and oxygen atoms in total.